The van der Waals surface area contributed by atoms with Gasteiger partial charge in [0.15, 0.2) is 5.82 Å². The average molecular weight is 391 g/mol. The summed E-state index contributed by atoms with van der Waals surface area (Å²) in [5, 5.41) is 13.0. The maximum atomic E-state index is 6.17. The van der Waals surface area contributed by atoms with Gasteiger partial charge in [0.1, 0.15) is 16.1 Å². The van der Waals surface area contributed by atoms with Gasteiger partial charge in [0.25, 0.3) is 5.78 Å². The molecule has 3 aromatic heterocycles. The fraction of sp³-hybridized carbons (Fsp3) is 0.0714. The van der Waals surface area contributed by atoms with Crippen LogP contribution in [0.15, 0.2) is 35.2 Å². The third-order valence-corrected chi connectivity index (χ3v) is 4.00. The summed E-state index contributed by atoms with van der Waals surface area (Å²) in [5.74, 6) is 1.72. The Balaban J connectivity index is 2.14. The zero-order valence-electron chi connectivity index (χ0n) is 11.8. The Bertz CT molecular complexity index is 1050. The predicted octanol–water partition coefficient (Wildman–Crippen LogP) is 3.19. The average Bonchev–Trinajstić information content (AvgIpc) is 2.98. The molecule has 0 fully saturated rings. The maximum Gasteiger partial charge on any atom is 0.257 e. The van der Waals surface area contributed by atoms with Crippen LogP contribution in [-0.2, 0) is 0 Å². The quantitative estimate of drug-likeness (QED) is 0.566. The van der Waals surface area contributed by atoms with E-state index < -0.39 is 0 Å². The lowest BCUT2D eigenvalue weighted by molar-refractivity contribution is 1.07. The highest BCUT2D eigenvalue weighted by molar-refractivity contribution is 9.10. The molecule has 0 aliphatic heterocycles. The minimum atomic E-state index is 0.459. The van der Waals surface area contributed by atoms with E-state index in [1.165, 1.54) is 0 Å². The van der Waals surface area contributed by atoms with Crippen LogP contribution in [0.25, 0.3) is 28.2 Å². The first-order chi connectivity index (χ1) is 11.2. The van der Waals surface area contributed by atoms with Crippen molar-refractivity contribution in [2.24, 2.45) is 0 Å². The normalized spacial score (nSPS) is 11.3. The van der Waals surface area contributed by atoms with Crippen LogP contribution in [0.1, 0.15) is 0 Å². The van der Waals surface area contributed by atoms with Crippen LogP contribution in [0.3, 0.4) is 0 Å². The van der Waals surface area contributed by atoms with Crippen molar-refractivity contribution in [2.75, 3.05) is 12.4 Å². The second-order valence-electron chi connectivity index (χ2n) is 4.76. The van der Waals surface area contributed by atoms with E-state index in [0.717, 1.165) is 10.9 Å². The number of fused-ring (bicyclic) bond motifs is 3. The summed E-state index contributed by atoms with van der Waals surface area (Å²) in [7, 11) is 1.81. The largest absolute Gasteiger partial charge is 0.372 e. The molecule has 7 nitrogen and oxygen atoms in total. The number of hydrogen-bond acceptors (Lipinski definition) is 6. The highest BCUT2D eigenvalue weighted by Gasteiger charge is 2.16. The standard InChI is InChI=1S/C14H9BrClN7/c1-17-12-8-3-2-7(16)4-10(8)23-13(21-22-14(23)20-12)9-5-18-6-11(15)19-9/h2-6H,1H3,(H,17,20,22). The van der Waals surface area contributed by atoms with Gasteiger partial charge >= 0.3 is 0 Å². The molecule has 1 N–H and O–H groups in total. The first-order valence-electron chi connectivity index (χ1n) is 6.67. The summed E-state index contributed by atoms with van der Waals surface area (Å²) in [6.45, 7) is 0. The second kappa shape index (κ2) is 5.39. The van der Waals surface area contributed by atoms with Crippen LogP contribution >= 0.6 is 27.5 Å². The SMILES string of the molecule is CNc1nc2nnc(-c3cncc(Br)n3)n2c2cc(Cl)ccc12. The van der Waals surface area contributed by atoms with Gasteiger partial charge in [-0.1, -0.05) is 11.6 Å². The molecule has 0 bridgehead atoms. The molecule has 0 saturated carbocycles. The van der Waals surface area contributed by atoms with Gasteiger partial charge in [-0.2, -0.15) is 4.98 Å². The molecule has 0 spiro atoms. The zero-order chi connectivity index (χ0) is 16.0. The Hall–Kier alpha value is -2.32. The van der Waals surface area contributed by atoms with Gasteiger partial charge in [-0.05, 0) is 34.1 Å². The van der Waals surface area contributed by atoms with Crippen LogP contribution in [-0.4, -0.2) is 36.6 Å². The van der Waals surface area contributed by atoms with E-state index >= 15 is 0 Å². The van der Waals surface area contributed by atoms with Crippen molar-refractivity contribution in [1.82, 2.24) is 29.5 Å². The monoisotopic (exact) mass is 389 g/mol. The van der Waals surface area contributed by atoms with Gasteiger partial charge in [0.05, 0.1) is 17.9 Å². The molecular weight excluding hydrogens is 382 g/mol. The van der Waals surface area contributed by atoms with Crippen molar-refractivity contribution in [1.29, 1.82) is 0 Å². The lowest BCUT2D eigenvalue weighted by Crippen LogP contribution is -2.01. The van der Waals surface area contributed by atoms with Gasteiger partial charge in [-0.25, -0.2) is 4.98 Å². The summed E-state index contributed by atoms with van der Waals surface area (Å²) in [5.41, 5.74) is 1.43. The van der Waals surface area contributed by atoms with Crippen molar-refractivity contribution in [3.63, 3.8) is 0 Å². The molecule has 0 saturated heterocycles. The summed E-state index contributed by atoms with van der Waals surface area (Å²) < 4.78 is 2.44. The molecule has 0 radical (unpaired) electrons. The van der Waals surface area contributed by atoms with E-state index in [4.69, 9.17) is 11.6 Å². The van der Waals surface area contributed by atoms with E-state index in [1.807, 2.05) is 29.6 Å². The minimum Gasteiger partial charge on any atom is -0.372 e. The molecule has 114 valence electrons. The van der Waals surface area contributed by atoms with Crippen molar-refractivity contribution in [3.8, 4) is 11.5 Å². The summed E-state index contributed by atoms with van der Waals surface area (Å²) in [4.78, 5) is 13.0. The van der Waals surface area contributed by atoms with Crippen molar-refractivity contribution >= 4 is 50.0 Å². The highest BCUT2D eigenvalue weighted by Crippen LogP contribution is 2.28. The molecule has 4 rings (SSSR count). The van der Waals surface area contributed by atoms with E-state index in [9.17, 15) is 0 Å². The van der Waals surface area contributed by atoms with Gasteiger partial charge in [-0.15, -0.1) is 10.2 Å². The number of nitrogens with zero attached hydrogens (tertiary/aromatic N) is 6. The Morgan fingerprint density at radius 2 is 2.04 bits per heavy atom. The molecule has 3 heterocycles. The van der Waals surface area contributed by atoms with Crippen molar-refractivity contribution < 1.29 is 0 Å². The van der Waals surface area contributed by atoms with Gasteiger partial charge in [0.2, 0.25) is 0 Å². The first kappa shape index (κ1) is 14.3. The van der Waals surface area contributed by atoms with Crippen LogP contribution in [0.4, 0.5) is 5.82 Å². The molecule has 4 aromatic rings. The summed E-state index contributed by atoms with van der Waals surface area (Å²) >= 11 is 9.49. The zero-order valence-corrected chi connectivity index (χ0v) is 14.2. The van der Waals surface area contributed by atoms with E-state index in [-0.39, 0.29) is 0 Å². The number of nitrogens with one attached hydrogen (secondary N) is 1. The van der Waals surface area contributed by atoms with Gasteiger partial charge < -0.3 is 5.32 Å². The molecule has 0 aliphatic rings. The maximum absolute atomic E-state index is 6.17. The summed E-state index contributed by atoms with van der Waals surface area (Å²) in [6.07, 6.45) is 3.24. The molecule has 0 amide bonds. The number of aromatic nitrogens is 6. The molecule has 1 aromatic carbocycles. The molecular formula is C14H9BrClN7. The second-order valence-corrected chi connectivity index (χ2v) is 6.01. The molecule has 0 aliphatic carbocycles. The topological polar surface area (TPSA) is 80.9 Å². The Labute approximate surface area is 143 Å². The van der Waals surface area contributed by atoms with Crippen LogP contribution in [0.5, 0.6) is 0 Å². The number of rotatable bonds is 2. The molecule has 0 unspecified atom stereocenters. The minimum absolute atomic E-state index is 0.459. The fourth-order valence-electron chi connectivity index (χ4n) is 2.43. The molecule has 23 heavy (non-hydrogen) atoms. The molecule has 0 atom stereocenters. The molecule has 9 heteroatoms. The highest BCUT2D eigenvalue weighted by atomic mass is 79.9. The van der Waals surface area contributed by atoms with Crippen LogP contribution < -0.4 is 5.32 Å². The number of anilines is 1. The van der Waals surface area contributed by atoms with Gasteiger partial charge in [0, 0.05) is 17.5 Å². The summed E-state index contributed by atoms with van der Waals surface area (Å²) in [6, 6.07) is 5.58. The van der Waals surface area contributed by atoms with Crippen LogP contribution in [0.2, 0.25) is 5.02 Å². The predicted molar refractivity (Wildman–Crippen MR) is 91.6 cm³/mol. The number of halogens is 2. The third kappa shape index (κ3) is 2.30. The lowest BCUT2D eigenvalue weighted by Gasteiger charge is -2.09. The third-order valence-electron chi connectivity index (χ3n) is 3.38. The van der Waals surface area contributed by atoms with Crippen molar-refractivity contribution in [3.05, 3.63) is 40.2 Å². The van der Waals surface area contributed by atoms with E-state index in [0.29, 0.717) is 32.7 Å². The number of hydrogen-bond donors (Lipinski definition) is 1. The number of benzene rings is 1. The fourth-order valence-corrected chi connectivity index (χ4v) is 2.90. The first-order valence-corrected chi connectivity index (χ1v) is 7.84. The van der Waals surface area contributed by atoms with E-state index in [2.05, 4.69) is 46.4 Å². The smallest absolute Gasteiger partial charge is 0.257 e. The Morgan fingerprint density at radius 3 is 2.83 bits per heavy atom. The van der Waals surface area contributed by atoms with Gasteiger partial charge in [-0.3, -0.25) is 9.38 Å². The van der Waals surface area contributed by atoms with E-state index in [1.54, 1.807) is 12.4 Å². The van der Waals surface area contributed by atoms with Crippen molar-refractivity contribution in [2.45, 2.75) is 0 Å². The Kier molecular flexibility index (Phi) is 3.35. The Morgan fingerprint density at radius 1 is 1.17 bits per heavy atom. The lowest BCUT2D eigenvalue weighted by atomic mass is 10.2. The van der Waals surface area contributed by atoms with Crippen LogP contribution in [0, 0.1) is 0 Å².